The van der Waals surface area contributed by atoms with Crippen LogP contribution in [-0.4, -0.2) is 37.9 Å². The van der Waals surface area contributed by atoms with Crippen molar-refractivity contribution in [3.63, 3.8) is 0 Å². The number of aromatic nitrogens is 4. The largest absolute Gasteiger partial charge is 0.323 e. The highest BCUT2D eigenvalue weighted by atomic mass is 16.2. The van der Waals surface area contributed by atoms with Crippen LogP contribution < -0.4 is 10.2 Å². The lowest BCUT2D eigenvalue weighted by molar-refractivity contribution is -0.122. The normalized spacial score (nSPS) is 16.3. The summed E-state index contributed by atoms with van der Waals surface area (Å²) in [7, 11) is 0. The van der Waals surface area contributed by atoms with Gasteiger partial charge in [-0.15, -0.1) is 0 Å². The Morgan fingerprint density at radius 3 is 2.41 bits per heavy atom. The fourth-order valence-electron chi connectivity index (χ4n) is 3.56. The van der Waals surface area contributed by atoms with Crippen molar-refractivity contribution in [2.24, 2.45) is 5.92 Å². The zero-order valence-electron chi connectivity index (χ0n) is 16.6. The van der Waals surface area contributed by atoms with E-state index < -0.39 is 5.92 Å². The Labute approximate surface area is 168 Å². The summed E-state index contributed by atoms with van der Waals surface area (Å²) in [6.45, 7) is 6.16. The molecule has 1 aromatic carbocycles. The average molecular weight is 390 g/mol. The highest BCUT2D eigenvalue weighted by Gasteiger charge is 2.35. The molecule has 4 rings (SSSR count). The van der Waals surface area contributed by atoms with Crippen LogP contribution in [0.5, 0.6) is 0 Å². The van der Waals surface area contributed by atoms with E-state index in [1.807, 2.05) is 55.7 Å². The summed E-state index contributed by atoms with van der Waals surface area (Å²) in [5.74, 6) is 0.638. The van der Waals surface area contributed by atoms with Gasteiger partial charge in [0.25, 0.3) is 0 Å². The van der Waals surface area contributed by atoms with Gasteiger partial charge in [0, 0.05) is 24.3 Å². The van der Waals surface area contributed by atoms with Crippen molar-refractivity contribution in [1.29, 1.82) is 0 Å². The first kappa shape index (κ1) is 18.8. The molecule has 3 aromatic rings. The van der Waals surface area contributed by atoms with E-state index in [9.17, 15) is 9.59 Å². The van der Waals surface area contributed by atoms with E-state index in [2.05, 4.69) is 20.3 Å². The molecule has 29 heavy (non-hydrogen) atoms. The summed E-state index contributed by atoms with van der Waals surface area (Å²) >= 11 is 0. The SMILES string of the molecule is Cc1nc(C)n(-c2ncc(NC(=O)C3CC(=O)N(c4ccccc4)C3)cn2)c1C. The van der Waals surface area contributed by atoms with Crippen LogP contribution in [-0.2, 0) is 9.59 Å². The Bertz CT molecular complexity index is 1060. The average Bonchev–Trinajstić information content (AvgIpc) is 3.22. The molecule has 0 bridgehead atoms. The number of imidazole rings is 1. The lowest BCUT2D eigenvalue weighted by Gasteiger charge is -2.16. The number of para-hydroxylation sites is 1. The van der Waals surface area contributed by atoms with E-state index in [0.717, 1.165) is 22.9 Å². The third kappa shape index (κ3) is 3.61. The monoisotopic (exact) mass is 390 g/mol. The molecule has 2 amide bonds. The molecule has 1 N–H and O–H groups in total. The molecule has 1 aliphatic rings. The van der Waals surface area contributed by atoms with Gasteiger partial charge in [-0.25, -0.2) is 15.0 Å². The zero-order valence-corrected chi connectivity index (χ0v) is 16.6. The first-order valence-corrected chi connectivity index (χ1v) is 9.45. The van der Waals surface area contributed by atoms with Crippen LogP contribution in [0.1, 0.15) is 23.6 Å². The third-order valence-electron chi connectivity index (χ3n) is 5.18. The van der Waals surface area contributed by atoms with Crippen LogP contribution in [0.25, 0.3) is 5.95 Å². The fourth-order valence-corrected chi connectivity index (χ4v) is 3.56. The molecule has 8 heteroatoms. The second-order valence-corrected chi connectivity index (χ2v) is 7.17. The van der Waals surface area contributed by atoms with Gasteiger partial charge in [-0.3, -0.25) is 14.2 Å². The molecule has 0 spiro atoms. The van der Waals surface area contributed by atoms with Crippen LogP contribution in [0.15, 0.2) is 42.7 Å². The number of hydrogen-bond donors (Lipinski definition) is 1. The lowest BCUT2D eigenvalue weighted by Crippen LogP contribution is -2.28. The maximum absolute atomic E-state index is 12.6. The minimum absolute atomic E-state index is 0.0515. The van der Waals surface area contributed by atoms with Crippen LogP contribution in [0.2, 0.25) is 0 Å². The van der Waals surface area contributed by atoms with Crippen molar-refractivity contribution in [3.8, 4) is 5.95 Å². The summed E-state index contributed by atoms with van der Waals surface area (Å²) in [5.41, 5.74) is 3.21. The molecule has 1 saturated heterocycles. The Balaban J connectivity index is 1.45. The van der Waals surface area contributed by atoms with Gasteiger partial charge in [0.15, 0.2) is 0 Å². The standard InChI is InChI=1S/C21H22N6O2/c1-13-14(2)27(15(3)24-13)21-22-10-17(11-23-21)25-20(29)16-9-19(28)26(12-16)18-7-5-4-6-8-18/h4-8,10-11,16H,9,12H2,1-3H3,(H,25,29). The van der Waals surface area contributed by atoms with Gasteiger partial charge in [-0.1, -0.05) is 18.2 Å². The smallest absolute Gasteiger partial charge is 0.235 e. The number of carbonyl (C=O) groups is 2. The van der Waals surface area contributed by atoms with Crippen LogP contribution in [0.3, 0.4) is 0 Å². The number of nitrogens with zero attached hydrogens (tertiary/aromatic N) is 5. The summed E-state index contributed by atoms with van der Waals surface area (Å²) in [5, 5.41) is 2.82. The maximum Gasteiger partial charge on any atom is 0.235 e. The van der Waals surface area contributed by atoms with Gasteiger partial charge < -0.3 is 10.2 Å². The number of nitrogens with one attached hydrogen (secondary N) is 1. The number of benzene rings is 1. The molecule has 0 radical (unpaired) electrons. The summed E-state index contributed by atoms with van der Waals surface area (Å²) in [4.78, 5) is 39.8. The molecule has 0 aliphatic carbocycles. The second kappa shape index (κ2) is 7.46. The minimum Gasteiger partial charge on any atom is -0.323 e. The number of carbonyl (C=O) groups excluding carboxylic acids is 2. The quantitative estimate of drug-likeness (QED) is 0.739. The van der Waals surface area contributed by atoms with Gasteiger partial charge in [-0.2, -0.15) is 0 Å². The van der Waals surface area contributed by atoms with Crippen LogP contribution in [0.4, 0.5) is 11.4 Å². The topological polar surface area (TPSA) is 93.0 Å². The zero-order chi connectivity index (χ0) is 20.5. The molecule has 1 unspecified atom stereocenters. The van der Waals surface area contributed by atoms with Crippen molar-refractivity contribution in [1.82, 2.24) is 19.5 Å². The summed E-state index contributed by atoms with van der Waals surface area (Å²) in [6, 6.07) is 9.38. The highest BCUT2D eigenvalue weighted by molar-refractivity contribution is 6.03. The predicted molar refractivity (Wildman–Crippen MR) is 109 cm³/mol. The van der Waals surface area contributed by atoms with Gasteiger partial charge in [0.05, 0.1) is 29.7 Å². The molecule has 8 nitrogen and oxygen atoms in total. The Hall–Kier alpha value is -3.55. The van der Waals surface area contributed by atoms with Crippen LogP contribution >= 0.6 is 0 Å². The van der Waals surface area contributed by atoms with Crippen molar-refractivity contribution in [3.05, 3.63) is 59.9 Å². The minimum atomic E-state index is -0.414. The number of rotatable bonds is 4. The Kier molecular flexibility index (Phi) is 4.84. The van der Waals surface area contributed by atoms with Gasteiger partial charge >= 0.3 is 0 Å². The Morgan fingerprint density at radius 1 is 1.10 bits per heavy atom. The van der Waals surface area contributed by atoms with E-state index in [0.29, 0.717) is 18.2 Å². The van der Waals surface area contributed by atoms with Gasteiger partial charge in [-0.05, 0) is 32.9 Å². The molecule has 2 aromatic heterocycles. The first-order valence-electron chi connectivity index (χ1n) is 9.45. The van der Waals surface area contributed by atoms with Crippen molar-refractivity contribution in [2.75, 3.05) is 16.8 Å². The summed E-state index contributed by atoms with van der Waals surface area (Å²) in [6.07, 6.45) is 3.33. The van der Waals surface area contributed by atoms with Gasteiger partial charge in [0.2, 0.25) is 17.8 Å². The van der Waals surface area contributed by atoms with Crippen molar-refractivity contribution in [2.45, 2.75) is 27.2 Å². The molecule has 3 heterocycles. The van der Waals surface area contributed by atoms with E-state index in [-0.39, 0.29) is 18.2 Å². The first-order chi connectivity index (χ1) is 13.9. The van der Waals surface area contributed by atoms with Gasteiger partial charge in [0.1, 0.15) is 5.82 Å². The van der Waals surface area contributed by atoms with Crippen molar-refractivity contribution < 1.29 is 9.59 Å². The number of hydrogen-bond acceptors (Lipinski definition) is 5. The lowest BCUT2D eigenvalue weighted by atomic mass is 10.1. The number of amides is 2. The molecular formula is C21H22N6O2. The van der Waals surface area contributed by atoms with Crippen LogP contribution in [0, 0.1) is 26.7 Å². The fraction of sp³-hybridized carbons (Fsp3) is 0.286. The van der Waals surface area contributed by atoms with E-state index in [1.54, 1.807) is 17.3 Å². The molecule has 1 aliphatic heterocycles. The molecule has 1 fully saturated rings. The van der Waals surface area contributed by atoms with E-state index in [4.69, 9.17) is 0 Å². The Morgan fingerprint density at radius 2 is 1.79 bits per heavy atom. The third-order valence-corrected chi connectivity index (χ3v) is 5.18. The van der Waals surface area contributed by atoms with Crippen molar-refractivity contribution >= 4 is 23.2 Å². The second-order valence-electron chi connectivity index (χ2n) is 7.17. The molecule has 0 saturated carbocycles. The molecule has 1 atom stereocenters. The maximum atomic E-state index is 12.6. The highest BCUT2D eigenvalue weighted by Crippen LogP contribution is 2.25. The number of aryl methyl sites for hydroxylation is 2. The number of anilines is 2. The predicted octanol–water partition coefficient (Wildman–Crippen LogP) is 2.58. The van der Waals surface area contributed by atoms with E-state index in [1.165, 1.54) is 0 Å². The summed E-state index contributed by atoms with van der Waals surface area (Å²) < 4.78 is 1.87. The molecule has 148 valence electrons. The molecular weight excluding hydrogens is 368 g/mol. The van der Waals surface area contributed by atoms with E-state index >= 15 is 0 Å².